The van der Waals surface area contributed by atoms with E-state index in [-0.39, 0.29) is 11.3 Å². The van der Waals surface area contributed by atoms with Crippen molar-refractivity contribution in [3.05, 3.63) is 29.1 Å². The first kappa shape index (κ1) is 12.3. The van der Waals surface area contributed by atoms with Gasteiger partial charge in [-0.05, 0) is 24.6 Å². The molecule has 0 aliphatic rings. The van der Waals surface area contributed by atoms with Crippen LogP contribution in [0.25, 0.3) is 0 Å². The van der Waals surface area contributed by atoms with E-state index in [0.717, 1.165) is 0 Å². The molecule has 84 valence electrons. The summed E-state index contributed by atoms with van der Waals surface area (Å²) in [5.41, 5.74) is 0.609. The monoisotopic (exact) mass is 252 g/mol. The highest BCUT2D eigenvalue weighted by molar-refractivity contribution is 8.13. The first-order valence-electron chi connectivity index (χ1n) is 4.09. The molecule has 15 heavy (non-hydrogen) atoms. The molecule has 6 heteroatoms. The van der Waals surface area contributed by atoms with Crippen LogP contribution in [0.5, 0.6) is 5.75 Å². The lowest BCUT2D eigenvalue weighted by molar-refractivity contribution is 0.406. The van der Waals surface area contributed by atoms with Gasteiger partial charge in [0.25, 0.3) is 0 Å². The van der Waals surface area contributed by atoms with Crippen LogP contribution in [0.4, 0.5) is 4.39 Å². The zero-order chi connectivity index (χ0) is 11.6. The van der Waals surface area contributed by atoms with Crippen molar-refractivity contribution in [2.75, 3.05) is 7.11 Å². The van der Waals surface area contributed by atoms with E-state index >= 15 is 0 Å². The maximum atomic E-state index is 13.4. The average molecular weight is 253 g/mol. The van der Waals surface area contributed by atoms with E-state index in [1.54, 1.807) is 13.0 Å². The van der Waals surface area contributed by atoms with E-state index in [4.69, 9.17) is 15.4 Å². The van der Waals surface area contributed by atoms with Gasteiger partial charge in [-0.25, -0.2) is 12.8 Å². The number of methoxy groups -OCH3 is 1. The van der Waals surface area contributed by atoms with E-state index in [9.17, 15) is 12.8 Å². The molecule has 0 heterocycles. The number of ether oxygens (including phenoxy) is 1. The van der Waals surface area contributed by atoms with Gasteiger partial charge >= 0.3 is 0 Å². The van der Waals surface area contributed by atoms with Gasteiger partial charge in [-0.1, -0.05) is 0 Å². The fourth-order valence-electron chi connectivity index (χ4n) is 1.23. The second kappa shape index (κ2) is 4.37. The molecule has 0 radical (unpaired) electrons. The number of hydrogen-bond acceptors (Lipinski definition) is 3. The van der Waals surface area contributed by atoms with Gasteiger partial charge in [0.05, 0.1) is 12.9 Å². The number of hydrogen-bond donors (Lipinski definition) is 0. The Hall–Kier alpha value is -0.810. The molecule has 1 aromatic rings. The molecule has 0 atom stereocenters. The van der Waals surface area contributed by atoms with Crippen molar-refractivity contribution < 1.29 is 17.5 Å². The first-order valence-corrected chi connectivity index (χ1v) is 6.56. The summed E-state index contributed by atoms with van der Waals surface area (Å²) in [7, 11) is 2.61. The molecule has 0 fully saturated rings. The molecule has 0 amide bonds. The predicted molar refractivity (Wildman–Crippen MR) is 56.2 cm³/mol. The molecule has 0 aliphatic heterocycles. The van der Waals surface area contributed by atoms with Crippen molar-refractivity contribution in [2.45, 2.75) is 12.7 Å². The fourth-order valence-corrected chi connectivity index (χ4v) is 2.19. The summed E-state index contributed by atoms with van der Waals surface area (Å²) in [4.78, 5) is 0. The van der Waals surface area contributed by atoms with E-state index in [1.807, 2.05) is 0 Å². The summed E-state index contributed by atoms with van der Waals surface area (Å²) < 4.78 is 40.0. The fraction of sp³-hybridized carbons (Fsp3) is 0.333. The predicted octanol–water partition coefficient (Wildman–Crippen LogP) is 2.21. The van der Waals surface area contributed by atoms with Crippen molar-refractivity contribution in [2.24, 2.45) is 0 Å². The van der Waals surface area contributed by atoms with Crippen molar-refractivity contribution in [3.63, 3.8) is 0 Å². The van der Waals surface area contributed by atoms with Gasteiger partial charge in [-0.2, -0.15) is 0 Å². The lowest BCUT2D eigenvalue weighted by atomic mass is 10.1. The number of rotatable bonds is 3. The van der Waals surface area contributed by atoms with Gasteiger partial charge in [-0.3, -0.25) is 0 Å². The highest BCUT2D eigenvalue weighted by atomic mass is 35.7. The van der Waals surface area contributed by atoms with E-state index in [2.05, 4.69) is 0 Å². The molecular weight excluding hydrogens is 243 g/mol. The van der Waals surface area contributed by atoms with Crippen LogP contribution in [-0.2, 0) is 14.8 Å². The molecule has 0 saturated heterocycles. The van der Waals surface area contributed by atoms with E-state index < -0.39 is 20.6 Å². The minimum absolute atomic E-state index is 0.0434. The largest absolute Gasteiger partial charge is 0.496 e. The molecule has 0 saturated carbocycles. The second-order valence-electron chi connectivity index (χ2n) is 3.11. The number of aryl methyl sites for hydroxylation is 1. The van der Waals surface area contributed by atoms with Gasteiger partial charge in [0.1, 0.15) is 11.6 Å². The SMILES string of the molecule is COc1cc(C)cc(F)c1CS(=O)(=O)Cl. The van der Waals surface area contributed by atoms with Gasteiger partial charge < -0.3 is 4.74 Å². The second-order valence-corrected chi connectivity index (χ2v) is 5.89. The van der Waals surface area contributed by atoms with Crippen molar-refractivity contribution in [3.8, 4) is 5.75 Å². The zero-order valence-corrected chi connectivity index (χ0v) is 9.82. The van der Waals surface area contributed by atoms with Crippen LogP contribution in [0, 0.1) is 12.7 Å². The van der Waals surface area contributed by atoms with Crippen LogP contribution >= 0.6 is 10.7 Å². The van der Waals surface area contributed by atoms with Crippen LogP contribution in [0.15, 0.2) is 12.1 Å². The summed E-state index contributed by atoms with van der Waals surface area (Å²) in [6.45, 7) is 1.69. The standard InChI is InChI=1S/C9H10ClFO3S/c1-6-3-8(11)7(5-15(10,12)13)9(4-6)14-2/h3-4H,5H2,1-2H3. The Bertz CT molecular complexity index is 470. The Morgan fingerprint density at radius 3 is 2.53 bits per heavy atom. The molecule has 0 aromatic heterocycles. The van der Waals surface area contributed by atoms with Crippen LogP contribution in [-0.4, -0.2) is 15.5 Å². The third-order valence-electron chi connectivity index (χ3n) is 1.84. The Labute approximate surface area is 92.2 Å². The normalized spacial score (nSPS) is 11.5. The molecule has 0 aliphatic carbocycles. The lowest BCUT2D eigenvalue weighted by Crippen LogP contribution is -2.02. The zero-order valence-electron chi connectivity index (χ0n) is 8.25. The van der Waals surface area contributed by atoms with Crippen LogP contribution in [0.1, 0.15) is 11.1 Å². The van der Waals surface area contributed by atoms with Crippen LogP contribution < -0.4 is 4.74 Å². The summed E-state index contributed by atoms with van der Waals surface area (Å²) in [5.74, 6) is -1.02. The van der Waals surface area contributed by atoms with Crippen molar-refractivity contribution in [1.29, 1.82) is 0 Å². The van der Waals surface area contributed by atoms with Crippen LogP contribution in [0.2, 0.25) is 0 Å². The Morgan fingerprint density at radius 2 is 2.07 bits per heavy atom. The topological polar surface area (TPSA) is 43.4 Å². The molecule has 0 bridgehead atoms. The maximum Gasteiger partial charge on any atom is 0.237 e. The molecule has 0 unspecified atom stereocenters. The first-order chi connectivity index (χ1) is 6.83. The van der Waals surface area contributed by atoms with E-state index in [0.29, 0.717) is 5.56 Å². The van der Waals surface area contributed by atoms with Gasteiger partial charge in [0, 0.05) is 16.2 Å². The minimum atomic E-state index is -3.79. The van der Waals surface area contributed by atoms with Gasteiger partial charge in [0.15, 0.2) is 0 Å². The smallest absolute Gasteiger partial charge is 0.237 e. The Kier molecular flexibility index (Phi) is 3.57. The molecule has 0 N–H and O–H groups in total. The third kappa shape index (κ3) is 3.35. The van der Waals surface area contributed by atoms with Gasteiger partial charge in [-0.15, -0.1) is 0 Å². The molecular formula is C9H10ClFO3S. The van der Waals surface area contributed by atoms with Crippen LogP contribution in [0.3, 0.4) is 0 Å². The number of benzene rings is 1. The minimum Gasteiger partial charge on any atom is -0.496 e. The quantitative estimate of drug-likeness (QED) is 0.775. The van der Waals surface area contributed by atoms with E-state index in [1.165, 1.54) is 13.2 Å². The summed E-state index contributed by atoms with van der Waals surface area (Å²) in [6, 6.07) is 2.79. The Balaban J connectivity index is 3.27. The molecule has 1 aromatic carbocycles. The summed E-state index contributed by atoms with van der Waals surface area (Å²) in [5, 5.41) is 0. The third-order valence-corrected chi connectivity index (χ3v) is 2.80. The molecule has 1 rings (SSSR count). The Morgan fingerprint density at radius 1 is 1.47 bits per heavy atom. The highest BCUT2D eigenvalue weighted by Gasteiger charge is 2.17. The van der Waals surface area contributed by atoms with Gasteiger partial charge in [0.2, 0.25) is 9.05 Å². The summed E-state index contributed by atoms with van der Waals surface area (Å²) in [6.07, 6.45) is 0. The molecule has 3 nitrogen and oxygen atoms in total. The van der Waals surface area contributed by atoms with Crippen molar-refractivity contribution in [1.82, 2.24) is 0 Å². The average Bonchev–Trinajstić information content (AvgIpc) is 2.07. The van der Waals surface area contributed by atoms with Crippen molar-refractivity contribution >= 4 is 19.7 Å². The number of halogens is 2. The lowest BCUT2D eigenvalue weighted by Gasteiger charge is -2.09. The highest BCUT2D eigenvalue weighted by Crippen LogP contribution is 2.26. The summed E-state index contributed by atoms with van der Waals surface area (Å²) >= 11 is 0. The molecule has 0 spiro atoms. The maximum absolute atomic E-state index is 13.4.